The Kier molecular flexibility index (Phi) is 6.30. The topological polar surface area (TPSA) is 35.6 Å². The molecule has 3 rings (SSSR count). The van der Waals surface area contributed by atoms with Crippen molar-refractivity contribution >= 4 is 40.8 Å². The van der Waals surface area contributed by atoms with Gasteiger partial charge in [-0.2, -0.15) is 13.2 Å². The van der Waals surface area contributed by atoms with Crippen LogP contribution in [-0.4, -0.2) is 43.4 Å². The molecule has 0 bridgehead atoms. The molecule has 0 spiro atoms. The smallest absolute Gasteiger partial charge is 0.367 e. The Balaban J connectivity index is 1.67. The number of piperazine rings is 1. The lowest BCUT2D eigenvalue weighted by atomic mass is 10.1. The predicted octanol–water partition coefficient (Wildman–Crippen LogP) is 5.43. The molecule has 0 saturated carbocycles. The van der Waals surface area contributed by atoms with Gasteiger partial charge in [0.05, 0.1) is 16.9 Å². The van der Waals surface area contributed by atoms with Gasteiger partial charge >= 0.3 is 12.2 Å². The summed E-state index contributed by atoms with van der Waals surface area (Å²) in [5.74, 6) is 0. The molecule has 0 radical (unpaired) electrons. The van der Waals surface area contributed by atoms with E-state index in [4.69, 9.17) is 11.6 Å². The van der Waals surface area contributed by atoms with E-state index in [2.05, 4.69) is 10.2 Å². The second-order valence-electron chi connectivity index (χ2n) is 6.26. The van der Waals surface area contributed by atoms with E-state index in [0.29, 0.717) is 26.2 Å². The van der Waals surface area contributed by atoms with Crippen LogP contribution in [0.2, 0.25) is 5.02 Å². The van der Waals surface area contributed by atoms with E-state index in [9.17, 15) is 18.0 Å². The molecule has 0 unspecified atom stereocenters. The van der Waals surface area contributed by atoms with Gasteiger partial charge in [-0.3, -0.25) is 0 Å². The Hall–Kier alpha value is -2.06. The third-order valence-corrected chi connectivity index (χ3v) is 5.54. The van der Waals surface area contributed by atoms with Crippen molar-refractivity contribution in [1.82, 2.24) is 4.90 Å². The van der Waals surface area contributed by atoms with Crippen LogP contribution in [-0.2, 0) is 6.18 Å². The van der Waals surface area contributed by atoms with Crippen molar-refractivity contribution in [2.24, 2.45) is 0 Å². The van der Waals surface area contributed by atoms with Gasteiger partial charge in [-0.25, -0.2) is 4.79 Å². The number of urea groups is 1. The van der Waals surface area contributed by atoms with Crippen molar-refractivity contribution in [3.05, 3.63) is 53.1 Å². The van der Waals surface area contributed by atoms with Gasteiger partial charge < -0.3 is 15.1 Å². The third-order valence-electron chi connectivity index (χ3n) is 4.52. The number of amides is 2. The number of halogens is 4. The first kappa shape index (κ1) is 20.7. The lowest BCUT2D eigenvalue weighted by Crippen LogP contribution is -2.50. The number of carbonyl (C=O) groups is 1. The van der Waals surface area contributed by atoms with E-state index >= 15 is 0 Å². The zero-order valence-corrected chi connectivity index (χ0v) is 16.7. The first-order valence-electron chi connectivity index (χ1n) is 8.60. The Morgan fingerprint density at radius 2 is 1.79 bits per heavy atom. The molecule has 1 N–H and O–H groups in total. The zero-order chi connectivity index (χ0) is 20.3. The molecular formula is C19H19ClF3N3OS. The van der Waals surface area contributed by atoms with E-state index in [1.54, 1.807) is 11.8 Å². The quantitative estimate of drug-likeness (QED) is 0.660. The molecule has 2 amide bonds. The summed E-state index contributed by atoms with van der Waals surface area (Å²) in [6, 6.07) is 10.8. The summed E-state index contributed by atoms with van der Waals surface area (Å²) in [6.45, 7) is 2.06. The SMILES string of the molecule is CSc1ccccc1N1CCN(C(=O)Nc2ccc(Cl)cc2C(F)(F)F)CC1. The molecule has 1 fully saturated rings. The molecule has 2 aromatic carbocycles. The standard InChI is InChI=1S/C19H19ClF3N3OS/c1-28-17-5-3-2-4-16(17)25-8-10-26(11-9-25)18(27)24-15-7-6-13(20)12-14(15)19(21,22)23/h2-7,12H,8-11H2,1H3,(H,24,27). The van der Waals surface area contributed by atoms with E-state index in [0.717, 1.165) is 16.6 Å². The number of nitrogens with one attached hydrogen (secondary N) is 1. The molecule has 1 heterocycles. The molecule has 1 saturated heterocycles. The predicted molar refractivity (Wildman–Crippen MR) is 107 cm³/mol. The molecule has 4 nitrogen and oxygen atoms in total. The Morgan fingerprint density at radius 3 is 2.43 bits per heavy atom. The van der Waals surface area contributed by atoms with Crippen LogP contribution in [0, 0.1) is 0 Å². The van der Waals surface area contributed by atoms with Crippen molar-refractivity contribution in [1.29, 1.82) is 0 Å². The van der Waals surface area contributed by atoms with Crippen LogP contribution in [0.1, 0.15) is 5.56 Å². The van der Waals surface area contributed by atoms with Gasteiger partial charge in [-0.1, -0.05) is 23.7 Å². The molecule has 1 aliphatic rings. The lowest BCUT2D eigenvalue weighted by Gasteiger charge is -2.36. The third kappa shape index (κ3) is 4.67. The van der Waals surface area contributed by atoms with E-state index < -0.39 is 17.8 Å². The maximum Gasteiger partial charge on any atom is 0.418 e. The minimum atomic E-state index is -4.60. The number of benzene rings is 2. The van der Waals surface area contributed by atoms with Gasteiger partial charge in [0.1, 0.15) is 0 Å². The van der Waals surface area contributed by atoms with Gasteiger partial charge in [0, 0.05) is 36.1 Å². The minimum absolute atomic E-state index is 0.0357. The van der Waals surface area contributed by atoms with Crippen molar-refractivity contribution in [3.63, 3.8) is 0 Å². The van der Waals surface area contributed by atoms with Crippen molar-refractivity contribution in [3.8, 4) is 0 Å². The Bertz CT molecular complexity index is 855. The Morgan fingerprint density at radius 1 is 1.11 bits per heavy atom. The van der Waals surface area contributed by atoms with Crippen LogP contribution >= 0.6 is 23.4 Å². The van der Waals surface area contributed by atoms with Crippen molar-refractivity contribution in [2.45, 2.75) is 11.1 Å². The van der Waals surface area contributed by atoms with Crippen LogP contribution in [0.5, 0.6) is 0 Å². The fourth-order valence-corrected chi connectivity index (χ4v) is 3.89. The number of nitrogens with zero attached hydrogens (tertiary/aromatic N) is 2. The summed E-state index contributed by atoms with van der Waals surface area (Å²) in [7, 11) is 0. The zero-order valence-electron chi connectivity index (χ0n) is 15.1. The average molecular weight is 430 g/mol. The number of para-hydroxylation sites is 1. The van der Waals surface area contributed by atoms with Gasteiger partial charge in [0.2, 0.25) is 0 Å². The van der Waals surface area contributed by atoms with Gasteiger partial charge in [0.15, 0.2) is 0 Å². The number of thioether (sulfide) groups is 1. The monoisotopic (exact) mass is 429 g/mol. The second kappa shape index (κ2) is 8.53. The van der Waals surface area contributed by atoms with Crippen molar-refractivity contribution in [2.75, 3.05) is 42.7 Å². The summed E-state index contributed by atoms with van der Waals surface area (Å²) in [5, 5.41) is 2.34. The van der Waals surface area contributed by atoms with E-state index in [-0.39, 0.29) is 10.7 Å². The molecular weight excluding hydrogens is 411 g/mol. The van der Waals surface area contributed by atoms with Gasteiger partial charge in [0.25, 0.3) is 0 Å². The van der Waals surface area contributed by atoms with Crippen LogP contribution in [0.25, 0.3) is 0 Å². The van der Waals surface area contributed by atoms with Crippen LogP contribution in [0.3, 0.4) is 0 Å². The fraction of sp³-hybridized carbons (Fsp3) is 0.316. The molecule has 0 atom stereocenters. The maximum atomic E-state index is 13.2. The van der Waals surface area contributed by atoms with E-state index in [1.807, 2.05) is 30.5 Å². The molecule has 1 aliphatic heterocycles. The van der Waals surface area contributed by atoms with Crippen LogP contribution in [0.15, 0.2) is 47.4 Å². The molecule has 9 heteroatoms. The summed E-state index contributed by atoms with van der Waals surface area (Å²) < 4.78 is 39.6. The fourth-order valence-electron chi connectivity index (χ4n) is 3.10. The first-order chi connectivity index (χ1) is 13.3. The van der Waals surface area contributed by atoms with E-state index in [1.165, 1.54) is 17.0 Å². The number of hydrogen-bond acceptors (Lipinski definition) is 3. The first-order valence-corrected chi connectivity index (χ1v) is 10.2. The van der Waals surface area contributed by atoms with Crippen LogP contribution in [0.4, 0.5) is 29.3 Å². The summed E-state index contributed by atoms with van der Waals surface area (Å²) >= 11 is 7.33. The normalized spacial score (nSPS) is 14.9. The summed E-state index contributed by atoms with van der Waals surface area (Å²) in [5.41, 5.74) is -0.148. The summed E-state index contributed by atoms with van der Waals surface area (Å²) in [6.07, 6.45) is -2.60. The molecule has 150 valence electrons. The highest BCUT2D eigenvalue weighted by Crippen LogP contribution is 2.36. The van der Waals surface area contributed by atoms with Gasteiger partial charge in [-0.15, -0.1) is 11.8 Å². The molecule has 2 aromatic rings. The molecule has 0 aliphatic carbocycles. The van der Waals surface area contributed by atoms with Crippen molar-refractivity contribution < 1.29 is 18.0 Å². The summed E-state index contributed by atoms with van der Waals surface area (Å²) in [4.78, 5) is 17.3. The van der Waals surface area contributed by atoms with Gasteiger partial charge in [-0.05, 0) is 36.6 Å². The number of hydrogen-bond donors (Lipinski definition) is 1. The molecule has 28 heavy (non-hydrogen) atoms. The number of anilines is 2. The highest BCUT2D eigenvalue weighted by molar-refractivity contribution is 7.98. The minimum Gasteiger partial charge on any atom is -0.367 e. The molecule has 0 aromatic heterocycles. The number of alkyl halides is 3. The lowest BCUT2D eigenvalue weighted by molar-refractivity contribution is -0.136. The Labute approximate surface area is 170 Å². The highest BCUT2D eigenvalue weighted by Gasteiger charge is 2.34. The van der Waals surface area contributed by atoms with Crippen LogP contribution < -0.4 is 10.2 Å². The number of rotatable bonds is 3. The highest BCUT2D eigenvalue weighted by atomic mass is 35.5. The second-order valence-corrected chi connectivity index (χ2v) is 7.55. The maximum absolute atomic E-state index is 13.2. The number of carbonyl (C=O) groups excluding carboxylic acids is 1. The average Bonchev–Trinajstić information content (AvgIpc) is 2.68. The largest absolute Gasteiger partial charge is 0.418 e.